The van der Waals surface area contributed by atoms with E-state index in [0.717, 1.165) is 29.8 Å². The number of carbonyl (C=O) groups excluding carboxylic acids is 1. The van der Waals surface area contributed by atoms with Gasteiger partial charge in [-0.15, -0.1) is 0 Å². The Balaban J connectivity index is 2.09. The molecular formula is C17H23N5O4. The molecule has 0 saturated heterocycles. The van der Waals surface area contributed by atoms with Crippen LogP contribution in [0.3, 0.4) is 0 Å². The van der Waals surface area contributed by atoms with E-state index in [1.807, 2.05) is 25.6 Å². The van der Waals surface area contributed by atoms with E-state index in [-0.39, 0.29) is 11.4 Å². The van der Waals surface area contributed by atoms with Crippen molar-refractivity contribution in [3.8, 4) is 5.75 Å². The fourth-order valence-electron chi connectivity index (χ4n) is 2.83. The van der Waals surface area contributed by atoms with Crippen LogP contribution in [0, 0.1) is 10.1 Å². The number of carbonyl (C=O) groups is 1. The van der Waals surface area contributed by atoms with Crippen molar-refractivity contribution in [1.82, 2.24) is 15.1 Å². The maximum absolute atomic E-state index is 12.2. The molecule has 140 valence electrons. The largest absolute Gasteiger partial charge is 0.494 e. The second-order valence-electron chi connectivity index (χ2n) is 5.65. The van der Waals surface area contributed by atoms with E-state index < -0.39 is 11.0 Å². The number of anilines is 1. The number of non-ortho nitro benzene ring substituents is 1. The molecule has 1 aromatic heterocycles. The number of amides is 2. The van der Waals surface area contributed by atoms with Gasteiger partial charge in [0.05, 0.1) is 29.5 Å². The number of aromatic nitrogens is 2. The zero-order chi connectivity index (χ0) is 19.3. The predicted molar refractivity (Wildman–Crippen MR) is 97.5 cm³/mol. The minimum absolute atomic E-state index is 0.108. The van der Waals surface area contributed by atoms with Gasteiger partial charge in [0, 0.05) is 30.9 Å². The summed E-state index contributed by atoms with van der Waals surface area (Å²) < 4.78 is 6.96. The number of aryl methyl sites for hydroxylation is 2. The van der Waals surface area contributed by atoms with Gasteiger partial charge in [0.1, 0.15) is 5.75 Å². The number of methoxy groups -OCH3 is 1. The van der Waals surface area contributed by atoms with Gasteiger partial charge in [-0.25, -0.2) is 4.79 Å². The van der Waals surface area contributed by atoms with Gasteiger partial charge in [0.2, 0.25) is 0 Å². The second kappa shape index (κ2) is 8.32. The van der Waals surface area contributed by atoms with Crippen LogP contribution >= 0.6 is 0 Å². The van der Waals surface area contributed by atoms with Crippen LogP contribution in [0.2, 0.25) is 0 Å². The Bertz CT molecular complexity index is 816. The van der Waals surface area contributed by atoms with Crippen molar-refractivity contribution in [3.63, 3.8) is 0 Å². The predicted octanol–water partition coefficient (Wildman–Crippen LogP) is 2.78. The molecule has 0 bridgehead atoms. The highest BCUT2D eigenvalue weighted by Gasteiger charge is 2.16. The average molecular weight is 361 g/mol. The van der Waals surface area contributed by atoms with Gasteiger partial charge >= 0.3 is 6.03 Å². The van der Waals surface area contributed by atoms with Crippen molar-refractivity contribution in [2.75, 3.05) is 12.4 Å². The smallest absolute Gasteiger partial charge is 0.319 e. The third kappa shape index (κ3) is 4.11. The van der Waals surface area contributed by atoms with Gasteiger partial charge in [-0.2, -0.15) is 5.10 Å². The minimum atomic E-state index is -0.521. The van der Waals surface area contributed by atoms with Crippen LogP contribution in [0.4, 0.5) is 16.2 Å². The van der Waals surface area contributed by atoms with Gasteiger partial charge in [-0.1, -0.05) is 13.8 Å². The van der Waals surface area contributed by atoms with E-state index in [0.29, 0.717) is 12.2 Å². The molecule has 0 atom stereocenters. The van der Waals surface area contributed by atoms with Crippen LogP contribution in [0.1, 0.15) is 30.8 Å². The average Bonchev–Trinajstić information content (AvgIpc) is 2.94. The summed E-state index contributed by atoms with van der Waals surface area (Å²) in [4.78, 5) is 22.5. The molecule has 2 N–H and O–H groups in total. The van der Waals surface area contributed by atoms with Crippen molar-refractivity contribution in [3.05, 3.63) is 45.3 Å². The summed E-state index contributed by atoms with van der Waals surface area (Å²) >= 11 is 0. The quantitative estimate of drug-likeness (QED) is 0.582. The number of nitrogens with zero attached hydrogens (tertiary/aromatic N) is 3. The lowest BCUT2D eigenvalue weighted by molar-refractivity contribution is -0.384. The van der Waals surface area contributed by atoms with Gasteiger partial charge in [-0.3, -0.25) is 14.8 Å². The Morgan fingerprint density at radius 2 is 2.08 bits per heavy atom. The molecule has 1 heterocycles. The molecule has 2 aromatic rings. The van der Waals surface area contributed by atoms with Crippen molar-refractivity contribution in [2.45, 2.75) is 33.2 Å². The molecule has 26 heavy (non-hydrogen) atoms. The molecule has 0 aliphatic carbocycles. The molecule has 0 aliphatic rings. The summed E-state index contributed by atoms with van der Waals surface area (Å²) in [6, 6.07) is 3.59. The Hall–Kier alpha value is -3.10. The highest BCUT2D eigenvalue weighted by Crippen LogP contribution is 2.28. The Labute approximate surface area is 151 Å². The van der Waals surface area contributed by atoms with E-state index in [1.165, 1.54) is 25.3 Å². The van der Waals surface area contributed by atoms with Crippen LogP contribution in [0.25, 0.3) is 0 Å². The van der Waals surface area contributed by atoms with Crippen LogP contribution in [-0.2, 0) is 26.4 Å². The Morgan fingerprint density at radius 1 is 1.35 bits per heavy atom. The van der Waals surface area contributed by atoms with E-state index >= 15 is 0 Å². The number of hydrogen-bond donors (Lipinski definition) is 2. The fourth-order valence-corrected chi connectivity index (χ4v) is 2.83. The lowest BCUT2D eigenvalue weighted by Crippen LogP contribution is -2.29. The van der Waals surface area contributed by atoms with Crippen molar-refractivity contribution < 1.29 is 14.5 Å². The third-order valence-corrected chi connectivity index (χ3v) is 4.10. The van der Waals surface area contributed by atoms with Gasteiger partial charge in [-0.05, 0) is 18.9 Å². The molecule has 0 saturated carbocycles. The molecule has 0 aliphatic heterocycles. The van der Waals surface area contributed by atoms with Crippen molar-refractivity contribution in [1.29, 1.82) is 0 Å². The Kier molecular flexibility index (Phi) is 6.16. The second-order valence-corrected chi connectivity index (χ2v) is 5.65. The molecule has 2 amide bonds. The zero-order valence-electron chi connectivity index (χ0n) is 15.3. The SMILES string of the molecule is CCc1nn(C)c(CC)c1CNC(=O)Nc1ccc([N+](=O)[O-])cc1OC. The van der Waals surface area contributed by atoms with Crippen LogP contribution in [-0.4, -0.2) is 27.8 Å². The van der Waals surface area contributed by atoms with Crippen molar-refractivity contribution in [2.24, 2.45) is 7.05 Å². The standard InChI is InChI=1S/C17H23N5O4/c1-5-13-12(15(6-2)21(3)20-13)10-18-17(23)19-14-8-7-11(22(24)25)9-16(14)26-4/h7-9H,5-6,10H2,1-4H3,(H2,18,19,23). The summed E-state index contributed by atoms with van der Waals surface area (Å²) in [5, 5.41) is 20.8. The van der Waals surface area contributed by atoms with Gasteiger partial charge in [0.25, 0.3) is 5.69 Å². The maximum Gasteiger partial charge on any atom is 0.319 e. The molecular weight excluding hydrogens is 338 g/mol. The lowest BCUT2D eigenvalue weighted by Gasteiger charge is -2.12. The summed E-state index contributed by atoms with van der Waals surface area (Å²) in [5.74, 6) is 0.222. The molecule has 1 aromatic carbocycles. The number of nitro benzene ring substituents is 1. The molecule has 0 spiro atoms. The molecule has 0 radical (unpaired) electrons. The summed E-state index contributed by atoms with van der Waals surface area (Å²) in [6.07, 6.45) is 1.60. The maximum atomic E-state index is 12.2. The number of hydrogen-bond acceptors (Lipinski definition) is 5. The monoisotopic (exact) mass is 361 g/mol. The lowest BCUT2D eigenvalue weighted by atomic mass is 10.1. The number of nitrogens with one attached hydrogen (secondary N) is 2. The number of rotatable bonds is 7. The van der Waals surface area contributed by atoms with Crippen LogP contribution in [0.15, 0.2) is 18.2 Å². The normalized spacial score (nSPS) is 10.5. The van der Waals surface area contributed by atoms with Gasteiger partial charge in [0.15, 0.2) is 0 Å². The third-order valence-electron chi connectivity index (χ3n) is 4.10. The number of urea groups is 1. The highest BCUT2D eigenvalue weighted by atomic mass is 16.6. The molecule has 9 heteroatoms. The number of ether oxygens (including phenoxy) is 1. The van der Waals surface area contributed by atoms with Gasteiger partial charge < -0.3 is 15.4 Å². The first-order valence-corrected chi connectivity index (χ1v) is 8.32. The van der Waals surface area contributed by atoms with E-state index in [1.54, 1.807) is 0 Å². The Morgan fingerprint density at radius 3 is 2.65 bits per heavy atom. The molecule has 2 rings (SSSR count). The number of benzene rings is 1. The minimum Gasteiger partial charge on any atom is -0.494 e. The first-order valence-electron chi connectivity index (χ1n) is 8.32. The van der Waals surface area contributed by atoms with E-state index in [4.69, 9.17) is 4.74 Å². The van der Waals surface area contributed by atoms with Crippen molar-refractivity contribution >= 4 is 17.4 Å². The zero-order valence-corrected chi connectivity index (χ0v) is 15.3. The van der Waals surface area contributed by atoms with Crippen LogP contribution < -0.4 is 15.4 Å². The van der Waals surface area contributed by atoms with Crippen LogP contribution in [0.5, 0.6) is 5.75 Å². The molecule has 0 unspecified atom stereocenters. The number of nitro groups is 1. The highest BCUT2D eigenvalue weighted by molar-refractivity contribution is 5.91. The molecule has 0 fully saturated rings. The van der Waals surface area contributed by atoms with E-state index in [9.17, 15) is 14.9 Å². The summed E-state index contributed by atoms with van der Waals surface area (Å²) in [7, 11) is 3.28. The first-order chi connectivity index (χ1) is 12.4. The summed E-state index contributed by atoms with van der Waals surface area (Å²) in [5.41, 5.74) is 3.30. The van der Waals surface area contributed by atoms with E-state index in [2.05, 4.69) is 15.7 Å². The fraction of sp³-hybridized carbons (Fsp3) is 0.412. The topological polar surface area (TPSA) is 111 Å². The molecule has 9 nitrogen and oxygen atoms in total. The summed E-state index contributed by atoms with van der Waals surface area (Å²) in [6.45, 7) is 4.41. The first kappa shape index (κ1) is 19.2.